The maximum absolute atomic E-state index is 13.1. The van der Waals surface area contributed by atoms with Crippen LogP contribution in [0.1, 0.15) is 5.56 Å². The van der Waals surface area contributed by atoms with Crippen LogP contribution in [-0.2, 0) is 10.0 Å². The highest BCUT2D eigenvalue weighted by Crippen LogP contribution is 2.24. The molecule has 9 heteroatoms. The number of halogens is 2. The van der Waals surface area contributed by atoms with E-state index < -0.39 is 31.5 Å². The summed E-state index contributed by atoms with van der Waals surface area (Å²) in [4.78, 5) is 9.57. The molecule has 22 heavy (non-hydrogen) atoms. The molecule has 0 fully saturated rings. The summed E-state index contributed by atoms with van der Waals surface area (Å²) >= 11 is 0. The average Bonchev–Trinajstić information content (AvgIpc) is 2.43. The average molecular weight is 328 g/mol. The molecular formula is C13H10F2N2O4S. The van der Waals surface area contributed by atoms with E-state index in [1.165, 1.54) is 19.1 Å². The fourth-order valence-electron chi connectivity index (χ4n) is 1.72. The third-order valence-electron chi connectivity index (χ3n) is 2.87. The quantitative estimate of drug-likeness (QED) is 0.690. The number of non-ortho nitro benzene ring substituents is 1. The van der Waals surface area contributed by atoms with E-state index in [-0.39, 0.29) is 11.4 Å². The van der Waals surface area contributed by atoms with Crippen LogP contribution in [0.15, 0.2) is 41.3 Å². The van der Waals surface area contributed by atoms with Crippen molar-refractivity contribution in [2.24, 2.45) is 0 Å². The number of hydrogen-bond acceptors (Lipinski definition) is 4. The van der Waals surface area contributed by atoms with Gasteiger partial charge in [0, 0.05) is 12.1 Å². The Morgan fingerprint density at radius 2 is 1.77 bits per heavy atom. The Morgan fingerprint density at radius 1 is 1.09 bits per heavy atom. The molecule has 0 bridgehead atoms. The highest BCUT2D eigenvalue weighted by Gasteiger charge is 2.18. The maximum atomic E-state index is 13.1. The van der Waals surface area contributed by atoms with Crippen LogP contribution < -0.4 is 4.72 Å². The minimum atomic E-state index is -4.13. The van der Waals surface area contributed by atoms with Crippen molar-refractivity contribution < 1.29 is 22.1 Å². The largest absolute Gasteiger partial charge is 0.279 e. The minimum absolute atomic E-state index is 0.107. The zero-order valence-electron chi connectivity index (χ0n) is 11.2. The number of anilines is 1. The van der Waals surface area contributed by atoms with Gasteiger partial charge in [-0.1, -0.05) is 0 Å². The van der Waals surface area contributed by atoms with E-state index in [4.69, 9.17) is 0 Å². The normalized spacial score (nSPS) is 11.2. The molecule has 0 amide bonds. The van der Waals surface area contributed by atoms with Crippen LogP contribution >= 0.6 is 0 Å². The number of nitro benzene ring substituents is 1. The zero-order chi connectivity index (χ0) is 16.5. The third-order valence-corrected chi connectivity index (χ3v) is 4.23. The lowest BCUT2D eigenvalue weighted by molar-refractivity contribution is -0.384. The summed E-state index contributed by atoms with van der Waals surface area (Å²) in [5, 5.41) is 10.6. The Hall–Kier alpha value is -2.55. The first-order valence-corrected chi connectivity index (χ1v) is 7.42. The van der Waals surface area contributed by atoms with Crippen LogP contribution in [0.3, 0.4) is 0 Å². The molecule has 6 nitrogen and oxygen atoms in total. The highest BCUT2D eigenvalue weighted by atomic mass is 32.2. The van der Waals surface area contributed by atoms with Crippen molar-refractivity contribution in [3.63, 3.8) is 0 Å². The summed E-state index contributed by atoms with van der Waals surface area (Å²) in [6.07, 6.45) is 0. The van der Waals surface area contributed by atoms with E-state index in [1.54, 1.807) is 0 Å². The maximum Gasteiger partial charge on any atom is 0.269 e. The molecule has 0 unspecified atom stereocenters. The van der Waals surface area contributed by atoms with E-state index in [9.17, 15) is 27.3 Å². The van der Waals surface area contributed by atoms with Crippen LogP contribution in [-0.4, -0.2) is 13.3 Å². The number of nitrogens with zero attached hydrogens (tertiary/aromatic N) is 1. The summed E-state index contributed by atoms with van der Waals surface area (Å²) in [7, 11) is -4.13. The van der Waals surface area contributed by atoms with Crippen molar-refractivity contribution in [1.29, 1.82) is 0 Å². The molecule has 0 aliphatic rings. The molecule has 0 atom stereocenters. The molecular weight excluding hydrogens is 318 g/mol. The van der Waals surface area contributed by atoms with Crippen molar-refractivity contribution >= 4 is 21.4 Å². The molecule has 2 aromatic carbocycles. The Kier molecular flexibility index (Phi) is 4.09. The van der Waals surface area contributed by atoms with Crippen molar-refractivity contribution in [3.8, 4) is 0 Å². The monoisotopic (exact) mass is 328 g/mol. The lowest BCUT2D eigenvalue weighted by atomic mass is 10.2. The summed E-state index contributed by atoms with van der Waals surface area (Å²) in [5.41, 5.74) is 0.240. The fraction of sp³-hybridized carbons (Fsp3) is 0.0769. The SMILES string of the molecule is Cc1cc([N+](=O)[O-])ccc1NS(=O)(=O)c1ccc(F)c(F)c1. The van der Waals surface area contributed by atoms with Crippen molar-refractivity contribution in [2.45, 2.75) is 11.8 Å². The smallest absolute Gasteiger partial charge is 0.269 e. The molecule has 2 aromatic rings. The first-order chi connectivity index (χ1) is 10.2. The Balaban J connectivity index is 2.36. The van der Waals surface area contributed by atoms with Crippen LogP contribution in [0.2, 0.25) is 0 Å². The molecule has 2 rings (SSSR count). The first-order valence-electron chi connectivity index (χ1n) is 5.93. The second-order valence-electron chi connectivity index (χ2n) is 4.44. The Bertz CT molecular complexity index is 853. The number of rotatable bonds is 4. The van der Waals surface area contributed by atoms with Gasteiger partial charge in [0.15, 0.2) is 11.6 Å². The third kappa shape index (κ3) is 3.19. The van der Waals surface area contributed by atoms with Crippen LogP contribution in [0.5, 0.6) is 0 Å². The summed E-state index contributed by atoms with van der Waals surface area (Å²) < 4.78 is 52.4. The van der Waals surface area contributed by atoms with Gasteiger partial charge in [-0.25, -0.2) is 17.2 Å². The van der Waals surface area contributed by atoms with E-state index in [1.807, 2.05) is 0 Å². The number of nitrogens with one attached hydrogen (secondary N) is 1. The molecule has 0 spiro atoms. The molecule has 0 aliphatic carbocycles. The standard InChI is InChI=1S/C13H10F2N2O4S/c1-8-6-9(17(18)19)2-5-13(8)16-22(20,21)10-3-4-11(14)12(15)7-10/h2-7,16H,1H3. The summed E-state index contributed by atoms with van der Waals surface area (Å²) in [6, 6.07) is 5.73. The van der Waals surface area contributed by atoms with Gasteiger partial charge < -0.3 is 0 Å². The van der Waals surface area contributed by atoms with Crippen LogP contribution in [0.25, 0.3) is 0 Å². The number of aryl methyl sites for hydroxylation is 1. The van der Waals surface area contributed by atoms with E-state index in [0.29, 0.717) is 17.7 Å². The van der Waals surface area contributed by atoms with E-state index >= 15 is 0 Å². The lowest BCUT2D eigenvalue weighted by Gasteiger charge is -2.10. The lowest BCUT2D eigenvalue weighted by Crippen LogP contribution is -2.14. The van der Waals surface area contributed by atoms with Crippen LogP contribution in [0, 0.1) is 28.7 Å². The Morgan fingerprint density at radius 3 is 2.32 bits per heavy atom. The zero-order valence-corrected chi connectivity index (χ0v) is 12.0. The molecule has 0 saturated heterocycles. The summed E-state index contributed by atoms with van der Waals surface area (Å²) in [5.74, 6) is -2.45. The van der Waals surface area contributed by atoms with Gasteiger partial charge in [0.2, 0.25) is 0 Å². The number of benzene rings is 2. The van der Waals surface area contributed by atoms with Crippen molar-refractivity contribution in [1.82, 2.24) is 0 Å². The molecule has 0 aliphatic heterocycles. The Labute approximate surface area is 124 Å². The predicted molar refractivity (Wildman–Crippen MR) is 75.0 cm³/mol. The second kappa shape index (κ2) is 5.68. The van der Waals surface area contributed by atoms with E-state index in [0.717, 1.165) is 12.1 Å². The van der Waals surface area contributed by atoms with Crippen LogP contribution in [0.4, 0.5) is 20.2 Å². The molecule has 0 saturated carbocycles. The van der Waals surface area contributed by atoms with E-state index in [2.05, 4.69) is 4.72 Å². The number of nitro groups is 1. The highest BCUT2D eigenvalue weighted by molar-refractivity contribution is 7.92. The molecule has 0 heterocycles. The van der Waals surface area contributed by atoms with Gasteiger partial charge in [-0.05, 0) is 36.8 Å². The van der Waals surface area contributed by atoms with Gasteiger partial charge in [-0.15, -0.1) is 0 Å². The fourth-order valence-corrected chi connectivity index (χ4v) is 2.87. The van der Waals surface area contributed by atoms with Gasteiger partial charge >= 0.3 is 0 Å². The van der Waals surface area contributed by atoms with Gasteiger partial charge in [0.25, 0.3) is 15.7 Å². The molecule has 1 N–H and O–H groups in total. The number of sulfonamides is 1. The van der Waals surface area contributed by atoms with Gasteiger partial charge in [-0.2, -0.15) is 0 Å². The first kappa shape index (κ1) is 15.8. The van der Waals surface area contributed by atoms with Gasteiger partial charge in [-0.3, -0.25) is 14.8 Å². The molecule has 0 radical (unpaired) electrons. The second-order valence-corrected chi connectivity index (χ2v) is 6.12. The predicted octanol–water partition coefficient (Wildman–Crippen LogP) is 2.98. The van der Waals surface area contributed by atoms with Crippen molar-refractivity contribution in [2.75, 3.05) is 4.72 Å². The topological polar surface area (TPSA) is 89.3 Å². The van der Waals surface area contributed by atoms with Gasteiger partial charge in [0.05, 0.1) is 15.5 Å². The number of hydrogen-bond donors (Lipinski definition) is 1. The van der Waals surface area contributed by atoms with Crippen molar-refractivity contribution in [3.05, 3.63) is 63.7 Å². The minimum Gasteiger partial charge on any atom is -0.279 e. The molecule has 116 valence electrons. The van der Waals surface area contributed by atoms with Gasteiger partial charge in [0.1, 0.15) is 0 Å². The molecule has 0 aromatic heterocycles. The summed E-state index contributed by atoms with van der Waals surface area (Å²) in [6.45, 7) is 1.48.